The Morgan fingerprint density at radius 1 is 1.40 bits per heavy atom. The molecule has 0 saturated carbocycles. The number of nitrogens with one attached hydrogen (secondary N) is 3. The van der Waals surface area contributed by atoms with Crippen molar-refractivity contribution in [2.75, 3.05) is 12.4 Å². The summed E-state index contributed by atoms with van der Waals surface area (Å²) in [7, 11) is 1.80. The van der Waals surface area contributed by atoms with E-state index in [9.17, 15) is 4.79 Å². The molecule has 20 heavy (non-hydrogen) atoms. The minimum Gasteiger partial charge on any atom is -0.373 e. The number of aromatic nitrogens is 2. The molecular formula is C13H11N5OS. The molecule has 1 amide bonds. The molecule has 1 fully saturated rings. The van der Waals surface area contributed by atoms with Gasteiger partial charge in [0.15, 0.2) is 5.17 Å². The standard InChI is InChI=1S/C13H11N5OS/c1-15-11-8-4-7(2-3-9(8)16-6-17-11)5-10-12(19)18-13(14)20-10/h2-6H,1H3,(H2,14,18,19)(H,15,16,17). The first-order valence-electron chi connectivity index (χ1n) is 5.89. The molecule has 1 aromatic heterocycles. The van der Waals surface area contributed by atoms with E-state index < -0.39 is 0 Å². The minimum absolute atomic E-state index is 0.154. The highest BCUT2D eigenvalue weighted by Crippen LogP contribution is 2.27. The number of carbonyl (C=O) groups excluding carboxylic acids is 1. The van der Waals surface area contributed by atoms with Crippen LogP contribution in [0.1, 0.15) is 5.56 Å². The van der Waals surface area contributed by atoms with Gasteiger partial charge in [0.2, 0.25) is 0 Å². The number of rotatable bonds is 2. The number of amidine groups is 1. The average Bonchev–Trinajstić information content (AvgIpc) is 2.76. The molecular weight excluding hydrogens is 274 g/mol. The second-order valence-corrected chi connectivity index (χ2v) is 5.19. The molecule has 0 atom stereocenters. The Balaban J connectivity index is 2.07. The van der Waals surface area contributed by atoms with Crippen LogP contribution in [0, 0.1) is 5.41 Å². The largest absolute Gasteiger partial charge is 0.373 e. The molecule has 0 aliphatic carbocycles. The predicted molar refractivity (Wildman–Crippen MR) is 80.5 cm³/mol. The van der Waals surface area contributed by atoms with E-state index in [1.165, 1.54) is 6.33 Å². The van der Waals surface area contributed by atoms with Crippen molar-refractivity contribution < 1.29 is 4.79 Å². The van der Waals surface area contributed by atoms with E-state index in [1.807, 2.05) is 18.2 Å². The summed E-state index contributed by atoms with van der Waals surface area (Å²) < 4.78 is 0. The summed E-state index contributed by atoms with van der Waals surface area (Å²) in [4.78, 5) is 20.5. The lowest BCUT2D eigenvalue weighted by atomic mass is 10.1. The molecule has 2 heterocycles. The molecule has 3 N–H and O–H groups in total. The van der Waals surface area contributed by atoms with E-state index in [2.05, 4.69) is 20.6 Å². The molecule has 0 spiro atoms. The van der Waals surface area contributed by atoms with Gasteiger partial charge in [-0.1, -0.05) is 6.07 Å². The van der Waals surface area contributed by atoms with Gasteiger partial charge in [0, 0.05) is 12.4 Å². The third-order valence-electron chi connectivity index (χ3n) is 2.86. The topological polar surface area (TPSA) is 90.8 Å². The molecule has 1 saturated heterocycles. The number of nitrogens with zero attached hydrogens (tertiary/aromatic N) is 2. The van der Waals surface area contributed by atoms with Gasteiger partial charge in [-0.3, -0.25) is 10.2 Å². The Morgan fingerprint density at radius 3 is 2.95 bits per heavy atom. The van der Waals surface area contributed by atoms with Crippen LogP contribution in [-0.4, -0.2) is 28.1 Å². The van der Waals surface area contributed by atoms with Crippen LogP contribution in [0.2, 0.25) is 0 Å². The van der Waals surface area contributed by atoms with E-state index in [4.69, 9.17) is 5.41 Å². The smallest absolute Gasteiger partial charge is 0.264 e. The van der Waals surface area contributed by atoms with Gasteiger partial charge in [0.25, 0.3) is 5.91 Å². The van der Waals surface area contributed by atoms with Gasteiger partial charge in [-0.05, 0) is 35.5 Å². The molecule has 0 radical (unpaired) electrons. The minimum atomic E-state index is -0.238. The summed E-state index contributed by atoms with van der Waals surface area (Å²) in [6.45, 7) is 0. The van der Waals surface area contributed by atoms with Crippen LogP contribution in [0.15, 0.2) is 29.4 Å². The highest BCUT2D eigenvalue weighted by molar-refractivity contribution is 8.18. The zero-order chi connectivity index (χ0) is 14.1. The van der Waals surface area contributed by atoms with Crippen LogP contribution in [0.4, 0.5) is 5.82 Å². The quantitative estimate of drug-likeness (QED) is 0.732. The predicted octanol–water partition coefficient (Wildman–Crippen LogP) is 1.81. The lowest BCUT2D eigenvalue weighted by Gasteiger charge is -2.04. The molecule has 1 aliphatic heterocycles. The number of benzene rings is 1. The monoisotopic (exact) mass is 285 g/mol. The Morgan fingerprint density at radius 2 is 2.25 bits per heavy atom. The van der Waals surface area contributed by atoms with Crippen LogP contribution < -0.4 is 10.6 Å². The van der Waals surface area contributed by atoms with Crippen molar-refractivity contribution in [1.29, 1.82) is 5.41 Å². The highest BCUT2D eigenvalue weighted by Gasteiger charge is 2.22. The second kappa shape index (κ2) is 4.93. The van der Waals surface area contributed by atoms with Gasteiger partial charge in [-0.25, -0.2) is 9.97 Å². The van der Waals surface area contributed by atoms with Crippen LogP contribution in [0.3, 0.4) is 0 Å². The first-order valence-corrected chi connectivity index (χ1v) is 6.71. The van der Waals surface area contributed by atoms with E-state index in [0.29, 0.717) is 4.91 Å². The molecule has 0 bridgehead atoms. The van der Waals surface area contributed by atoms with Crippen molar-refractivity contribution in [2.45, 2.75) is 0 Å². The Labute approximate surface area is 119 Å². The average molecular weight is 285 g/mol. The third kappa shape index (κ3) is 2.23. The number of fused-ring (bicyclic) bond motifs is 1. The van der Waals surface area contributed by atoms with Crippen molar-refractivity contribution in [2.24, 2.45) is 0 Å². The lowest BCUT2D eigenvalue weighted by Crippen LogP contribution is -2.18. The molecule has 7 heteroatoms. The van der Waals surface area contributed by atoms with Crippen LogP contribution in [0.5, 0.6) is 0 Å². The van der Waals surface area contributed by atoms with Crippen molar-refractivity contribution in [3.05, 3.63) is 35.0 Å². The highest BCUT2D eigenvalue weighted by atomic mass is 32.2. The number of anilines is 1. The van der Waals surface area contributed by atoms with Crippen molar-refractivity contribution in [3.63, 3.8) is 0 Å². The molecule has 1 aliphatic rings. The summed E-state index contributed by atoms with van der Waals surface area (Å²) in [5.41, 5.74) is 1.71. The second-order valence-electron chi connectivity index (χ2n) is 4.14. The molecule has 6 nitrogen and oxygen atoms in total. The maximum atomic E-state index is 11.6. The maximum Gasteiger partial charge on any atom is 0.264 e. The summed E-state index contributed by atoms with van der Waals surface area (Å²) in [6.07, 6.45) is 3.27. The van der Waals surface area contributed by atoms with Gasteiger partial charge < -0.3 is 10.6 Å². The summed E-state index contributed by atoms with van der Waals surface area (Å²) >= 11 is 1.12. The Kier molecular flexibility index (Phi) is 3.11. The van der Waals surface area contributed by atoms with Crippen molar-refractivity contribution in [1.82, 2.24) is 15.3 Å². The summed E-state index contributed by atoms with van der Waals surface area (Å²) in [5, 5.41) is 13.9. The number of thioether (sulfide) groups is 1. The molecule has 100 valence electrons. The third-order valence-corrected chi connectivity index (χ3v) is 3.69. The fourth-order valence-corrected chi connectivity index (χ4v) is 2.66. The zero-order valence-electron chi connectivity index (χ0n) is 10.6. The lowest BCUT2D eigenvalue weighted by molar-refractivity contribution is -0.115. The Bertz CT molecular complexity index is 756. The van der Waals surface area contributed by atoms with E-state index in [1.54, 1.807) is 13.1 Å². The van der Waals surface area contributed by atoms with Crippen LogP contribution >= 0.6 is 11.8 Å². The molecule has 3 rings (SSSR count). The van der Waals surface area contributed by atoms with Crippen LogP contribution in [-0.2, 0) is 4.79 Å². The first kappa shape index (κ1) is 12.6. The summed E-state index contributed by atoms with van der Waals surface area (Å²) in [6, 6.07) is 5.69. The Hall–Kier alpha value is -2.41. The SMILES string of the molecule is CNc1ncnc2ccc(C=C3SC(=N)NC3=O)cc12. The maximum absolute atomic E-state index is 11.6. The number of carbonyl (C=O) groups is 1. The summed E-state index contributed by atoms with van der Waals surface area (Å²) in [5.74, 6) is 0.504. The zero-order valence-corrected chi connectivity index (χ0v) is 11.4. The van der Waals surface area contributed by atoms with Gasteiger partial charge in [-0.2, -0.15) is 0 Å². The molecule has 0 unspecified atom stereocenters. The van der Waals surface area contributed by atoms with E-state index in [0.717, 1.165) is 34.0 Å². The van der Waals surface area contributed by atoms with E-state index in [-0.39, 0.29) is 11.1 Å². The number of hydrogen-bond donors (Lipinski definition) is 3. The van der Waals surface area contributed by atoms with E-state index >= 15 is 0 Å². The van der Waals surface area contributed by atoms with Crippen LogP contribution in [0.25, 0.3) is 17.0 Å². The van der Waals surface area contributed by atoms with Gasteiger partial charge in [0.1, 0.15) is 12.1 Å². The number of amides is 1. The fraction of sp³-hybridized carbons (Fsp3) is 0.0769. The normalized spacial score (nSPS) is 16.8. The van der Waals surface area contributed by atoms with Gasteiger partial charge in [-0.15, -0.1) is 0 Å². The van der Waals surface area contributed by atoms with Gasteiger partial charge in [0.05, 0.1) is 10.4 Å². The van der Waals surface area contributed by atoms with Crippen molar-refractivity contribution >= 4 is 45.6 Å². The number of hydrogen-bond acceptors (Lipinski definition) is 6. The van der Waals surface area contributed by atoms with Gasteiger partial charge >= 0.3 is 0 Å². The molecule has 1 aromatic carbocycles. The molecule has 2 aromatic rings. The first-order chi connectivity index (χ1) is 9.67. The fourth-order valence-electron chi connectivity index (χ4n) is 1.96. The van der Waals surface area contributed by atoms with Crippen molar-refractivity contribution in [3.8, 4) is 0 Å².